The highest BCUT2D eigenvalue weighted by Gasteiger charge is 2.47. The average Bonchev–Trinajstić information content (AvgIpc) is 2.60. The van der Waals surface area contributed by atoms with E-state index < -0.39 is 0 Å². The molecule has 1 aromatic carbocycles. The van der Waals surface area contributed by atoms with Gasteiger partial charge in [-0.1, -0.05) is 12.1 Å². The summed E-state index contributed by atoms with van der Waals surface area (Å²) in [5, 5.41) is 0. The molecule has 4 rings (SSSR count). The molecule has 2 fully saturated rings. The van der Waals surface area contributed by atoms with Gasteiger partial charge >= 0.3 is 0 Å². The number of hydrogen-bond acceptors (Lipinski definition) is 4. The van der Waals surface area contributed by atoms with Crippen LogP contribution in [0.25, 0.3) is 0 Å². The lowest BCUT2D eigenvalue weighted by Gasteiger charge is -2.53. The molecule has 0 saturated carbocycles. The van der Waals surface area contributed by atoms with Gasteiger partial charge in [-0.2, -0.15) is 0 Å². The van der Waals surface area contributed by atoms with Gasteiger partial charge in [0.25, 0.3) is 0 Å². The Balaban J connectivity index is 1.27. The van der Waals surface area contributed by atoms with Gasteiger partial charge < -0.3 is 9.47 Å². The molecule has 132 valence electrons. The van der Waals surface area contributed by atoms with Crippen molar-refractivity contribution in [2.75, 3.05) is 19.7 Å². The number of aromatic nitrogens is 1. The first-order valence-corrected chi connectivity index (χ1v) is 8.82. The van der Waals surface area contributed by atoms with Gasteiger partial charge in [-0.15, -0.1) is 0 Å². The Morgan fingerprint density at radius 3 is 2.84 bits per heavy atom. The Bertz CT molecular complexity index is 704. The van der Waals surface area contributed by atoms with Crippen molar-refractivity contribution >= 4 is 0 Å². The number of pyridine rings is 1. The van der Waals surface area contributed by atoms with Crippen LogP contribution < -0.4 is 0 Å². The van der Waals surface area contributed by atoms with Crippen LogP contribution in [0.2, 0.25) is 0 Å². The molecule has 1 atom stereocenters. The molecule has 0 radical (unpaired) electrons. The van der Waals surface area contributed by atoms with Crippen LogP contribution in [0.4, 0.5) is 4.39 Å². The second-order valence-corrected chi connectivity index (χ2v) is 7.09. The second-order valence-electron chi connectivity index (χ2n) is 7.09. The molecule has 3 heterocycles. The van der Waals surface area contributed by atoms with Crippen LogP contribution in [0.3, 0.4) is 0 Å². The minimum absolute atomic E-state index is 0.0888. The summed E-state index contributed by atoms with van der Waals surface area (Å²) in [5.41, 5.74) is 2.07. The standard InChI is InChI=1S/C20H23FN2O2/c21-18-3-1-2-17(10-18)12-23-14-20(15-23)11-19(6-9-25-20)24-13-16-4-7-22-8-5-16/h1-5,7-8,10,19H,6,9,11-15H2/t19-/m1/s1. The summed E-state index contributed by atoms with van der Waals surface area (Å²) in [7, 11) is 0. The zero-order valence-corrected chi connectivity index (χ0v) is 14.2. The monoisotopic (exact) mass is 342 g/mol. The molecular weight excluding hydrogens is 319 g/mol. The van der Waals surface area contributed by atoms with Gasteiger partial charge in [-0.25, -0.2) is 4.39 Å². The molecular formula is C20H23FN2O2. The van der Waals surface area contributed by atoms with Crippen molar-refractivity contribution in [3.8, 4) is 0 Å². The van der Waals surface area contributed by atoms with E-state index in [2.05, 4.69) is 9.88 Å². The Hall–Kier alpha value is -1.82. The number of ether oxygens (including phenoxy) is 2. The van der Waals surface area contributed by atoms with Gasteiger partial charge in [0.1, 0.15) is 5.82 Å². The quantitative estimate of drug-likeness (QED) is 0.836. The largest absolute Gasteiger partial charge is 0.373 e. The van der Waals surface area contributed by atoms with Crippen molar-refractivity contribution in [3.63, 3.8) is 0 Å². The summed E-state index contributed by atoms with van der Waals surface area (Å²) >= 11 is 0. The summed E-state index contributed by atoms with van der Waals surface area (Å²) in [4.78, 5) is 6.33. The van der Waals surface area contributed by atoms with Crippen LogP contribution in [-0.2, 0) is 22.6 Å². The Morgan fingerprint density at radius 1 is 1.20 bits per heavy atom. The van der Waals surface area contributed by atoms with E-state index in [1.54, 1.807) is 24.5 Å². The molecule has 2 aliphatic rings. The summed E-state index contributed by atoms with van der Waals surface area (Å²) in [6.07, 6.45) is 5.69. The first kappa shape index (κ1) is 16.6. The minimum Gasteiger partial charge on any atom is -0.373 e. The highest BCUT2D eigenvalue weighted by molar-refractivity contribution is 5.17. The molecule has 0 aliphatic carbocycles. The SMILES string of the molecule is Fc1cccc(CN2CC3(C[C@H](OCc4ccncc4)CCO3)C2)c1. The minimum atomic E-state index is -0.175. The number of hydrogen-bond donors (Lipinski definition) is 0. The van der Waals surface area contributed by atoms with Crippen LogP contribution in [0, 0.1) is 5.82 Å². The third kappa shape index (κ3) is 4.06. The molecule has 2 aromatic rings. The van der Waals surface area contributed by atoms with E-state index in [9.17, 15) is 4.39 Å². The lowest BCUT2D eigenvalue weighted by Crippen LogP contribution is -2.65. The number of halogens is 1. The van der Waals surface area contributed by atoms with E-state index in [4.69, 9.17) is 9.47 Å². The van der Waals surface area contributed by atoms with Crippen LogP contribution in [-0.4, -0.2) is 41.3 Å². The smallest absolute Gasteiger partial charge is 0.123 e. The van der Waals surface area contributed by atoms with Crippen molar-refractivity contribution in [2.24, 2.45) is 0 Å². The number of rotatable bonds is 5. The van der Waals surface area contributed by atoms with Gasteiger partial charge in [0, 0.05) is 45.1 Å². The first-order valence-electron chi connectivity index (χ1n) is 8.82. The van der Waals surface area contributed by atoms with Crippen LogP contribution in [0.1, 0.15) is 24.0 Å². The maximum Gasteiger partial charge on any atom is 0.123 e. The van der Waals surface area contributed by atoms with E-state index in [1.165, 1.54) is 6.07 Å². The fourth-order valence-electron chi connectivity index (χ4n) is 3.81. The summed E-state index contributed by atoms with van der Waals surface area (Å²) in [6.45, 7) is 3.91. The summed E-state index contributed by atoms with van der Waals surface area (Å²) < 4.78 is 25.5. The third-order valence-corrected chi connectivity index (χ3v) is 5.00. The van der Waals surface area contributed by atoms with Crippen molar-refractivity contribution in [1.29, 1.82) is 0 Å². The van der Waals surface area contributed by atoms with E-state index in [-0.39, 0.29) is 17.5 Å². The van der Waals surface area contributed by atoms with Gasteiger partial charge in [-0.3, -0.25) is 9.88 Å². The highest BCUT2D eigenvalue weighted by atomic mass is 19.1. The molecule has 0 bridgehead atoms. The highest BCUT2D eigenvalue weighted by Crippen LogP contribution is 2.36. The molecule has 2 aliphatic heterocycles. The van der Waals surface area contributed by atoms with Gasteiger partial charge in [0.2, 0.25) is 0 Å². The Kier molecular flexibility index (Phi) is 4.79. The lowest BCUT2D eigenvalue weighted by molar-refractivity contribution is -0.200. The number of benzene rings is 1. The molecule has 1 spiro atoms. The predicted molar refractivity (Wildman–Crippen MR) is 92.4 cm³/mol. The summed E-state index contributed by atoms with van der Waals surface area (Å²) in [6, 6.07) is 10.8. The number of likely N-dealkylation sites (tertiary alicyclic amines) is 1. The second kappa shape index (κ2) is 7.20. The fourth-order valence-corrected chi connectivity index (χ4v) is 3.81. The molecule has 5 heteroatoms. The number of nitrogens with zero attached hydrogens (tertiary/aromatic N) is 2. The van der Waals surface area contributed by atoms with Crippen LogP contribution in [0.15, 0.2) is 48.8 Å². The van der Waals surface area contributed by atoms with Gasteiger partial charge in [0.15, 0.2) is 0 Å². The maximum atomic E-state index is 13.3. The predicted octanol–water partition coefficient (Wildman–Crippen LogP) is 3.17. The zero-order chi connectivity index (χ0) is 17.1. The first-order chi connectivity index (χ1) is 12.2. The molecule has 1 aromatic heterocycles. The third-order valence-electron chi connectivity index (χ3n) is 5.00. The van der Waals surface area contributed by atoms with Crippen LogP contribution in [0.5, 0.6) is 0 Å². The topological polar surface area (TPSA) is 34.6 Å². The van der Waals surface area contributed by atoms with Gasteiger partial charge in [0.05, 0.1) is 18.3 Å². The van der Waals surface area contributed by atoms with Crippen LogP contribution >= 0.6 is 0 Å². The van der Waals surface area contributed by atoms with E-state index in [0.29, 0.717) is 6.61 Å². The lowest BCUT2D eigenvalue weighted by atomic mass is 9.84. The zero-order valence-electron chi connectivity index (χ0n) is 14.2. The Labute approximate surface area is 147 Å². The molecule has 0 unspecified atom stereocenters. The van der Waals surface area contributed by atoms with E-state index in [0.717, 1.165) is 50.2 Å². The van der Waals surface area contributed by atoms with Gasteiger partial charge in [-0.05, 0) is 41.8 Å². The van der Waals surface area contributed by atoms with E-state index >= 15 is 0 Å². The molecule has 4 nitrogen and oxygen atoms in total. The molecule has 2 saturated heterocycles. The molecule has 0 amide bonds. The normalized spacial score (nSPS) is 22.7. The van der Waals surface area contributed by atoms with Crippen molar-refractivity contribution in [3.05, 3.63) is 65.7 Å². The van der Waals surface area contributed by atoms with Crippen molar-refractivity contribution in [1.82, 2.24) is 9.88 Å². The summed E-state index contributed by atoms with van der Waals surface area (Å²) in [5.74, 6) is -0.175. The Morgan fingerprint density at radius 2 is 2.04 bits per heavy atom. The van der Waals surface area contributed by atoms with Crippen molar-refractivity contribution < 1.29 is 13.9 Å². The van der Waals surface area contributed by atoms with Crippen molar-refractivity contribution in [2.45, 2.75) is 37.7 Å². The average molecular weight is 342 g/mol. The fraction of sp³-hybridized carbons (Fsp3) is 0.450. The maximum absolute atomic E-state index is 13.3. The molecule has 0 N–H and O–H groups in total. The molecule has 25 heavy (non-hydrogen) atoms. The van der Waals surface area contributed by atoms with E-state index in [1.807, 2.05) is 18.2 Å².